The molecular weight excluding hydrogens is 198 g/mol. The highest BCUT2D eigenvalue weighted by Gasteiger charge is 2.06. The Morgan fingerprint density at radius 3 is 2.25 bits per heavy atom. The zero-order valence-electron chi connectivity index (χ0n) is 9.82. The van der Waals surface area contributed by atoms with E-state index in [0.29, 0.717) is 0 Å². The van der Waals surface area contributed by atoms with E-state index >= 15 is 0 Å². The Kier molecular flexibility index (Phi) is 2.91. The average Bonchev–Trinajstić information content (AvgIpc) is 2.30. The molecule has 0 atom stereocenters. The first kappa shape index (κ1) is 10.7. The van der Waals surface area contributed by atoms with Gasteiger partial charge in [0.1, 0.15) is 5.75 Å². The molecule has 2 nitrogen and oxygen atoms in total. The van der Waals surface area contributed by atoms with E-state index in [4.69, 9.17) is 4.74 Å². The maximum atomic E-state index is 5.35. The Morgan fingerprint density at radius 1 is 1.06 bits per heavy atom. The van der Waals surface area contributed by atoms with Crippen LogP contribution in [0.3, 0.4) is 0 Å². The fourth-order valence-electron chi connectivity index (χ4n) is 1.95. The summed E-state index contributed by atoms with van der Waals surface area (Å²) in [6, 6.07) is 10.1. The standard InChI is InChI=1S/C14H15NO/c1-10-8-12(9-11(2)14(10)16-3)13-6-4-5-7-15-13/h4-9H,1-3H3. The minimum Gasteiger partial charge on any atom is -0.496 e. The molecule has 16 heavy (non-hydrogen) atoms. The molecule has 0 bridgehead atoms. The van der Waals surface area contributed by atoms with E-state index in [1.165, 1.54) is 0 Å². The second-order valence-electron chi connectivity index (χ2n) is 3.86. The molecule has 1 aromatic carbocycles. The summed E-state index contributed by atoms with van der Waals surface area (Å²) in [5.74, 6) is 0.958. The molecule has 0 unspecified atom stereocenters. The lowest BCUT2D eigenvalue weighted by atomic mass is 10.0. The van der Waals surface area contributed by atoms with Gasteiger partial charge in [0.2, 0.25) is 0 Å². The van der Waals surface area contributed by atoms with E-state index in [9.17, 15) is 0 Å². The molecule has 2 heteroatoms. The van der Waals surface area contributed by atoms with Gasteiger partial charge in [-0.2, -0.15) is 0 Å². The van der Waals surface area contributed by atoms with Crippen molar-refractivity contribution in [2.45, 2.75) is 13.8 Å². The number of methoxy groups -OCH3 is 1. The van der Waals surface area contributed by atoms with Crippen LogP contribution in [0.2, 0.25) is 0 Å². The lowest BCUT2D eigenvalue weighted by Gasteiger charge is -2.10. The van der Waals surface area contributed by atoms with Crippen molar-refractivity contribution in [1.29, 1.82) is 0 Å². The van der Waals surface area contributed by atoms with Crippen molar-refractivity contribution >= 4 is 0 Å². The molecule has 0 spiro atoms. The number of aromatic nitrogens is 1. The summed E-state index contributed by atoms with van der Waals surface area (Å²) in [6.07, 6.45) is 1.81. The maximum Gasteiger partial charge on any atom is 0.124 e. The summed E-state index contributed by atoms with van der Waals surface area (Å²) < 4.78 is 5.35. The first-order valence-corrected chi connectivity index (χ1v) is 5.29. The average molecular weight is 213 g/mol. The van der Waals surface area contributed by atoms with Gasteiger partial charge in [0.15, 0.2) is 0 Å². The molecule has 1 aromatic heterocycles. The lowest BCUT2D eigenvalue weighted by molar-refractivity contribution is 0.408. The molecule has 0 fully saturated rings. The third-order valence-corrected chi connectivity index (χ3v) is 2.63. The quantitative estimate of drug-likeness (QED) is 0.763. The first-order chi connectivity index (χ1) is 7.72. The topological polar surface area (TPSA) is 22.1 Å². The summed E-state index contributed by atoms with van der Waals surface area (Å²) in [4.78, 5) is 4.35. The molecule has 0 amide bonds. The van der Waals surface area contributed by atoms with Gasteiger partial charge in [0.05, 0.1) is 12.8 Å². The molecule has 0 saturated carbocycles. The van der Waals surface area contributed by atoms with Crippen LogP contribution in [-0.2, 0) is 0 Å². The lowest BCUT2D eigenvalue weighted by Crippen LogP contribution is -1.92. The van der Waals surface area contributed by atoms with Gasteiger partial charge in [-0.25, -0.2) is 0 Å². The van der Waals surface area contributed by atoms with E-state index in [-0.39, 0.29) is 0 Å². The molecular formula is C14H15NO. The van der Waals surface area contributed by atoms with Gasteiger partial charge in [-0.1, -0.05) is 6.07 Å². The summed E-state index contributed by atoms with van der Waals surface area (Å²) in [7, 11) is 1.70. The van der Waals surface area contributed by atoms with Crippen LogP contribution in [0.5, 0.6) is 5.75 Å². The number of hydrogen-bond acceptors (Lipinski definition) is 2. The summed E-state index contributed by atoms with van der Waals surface area (Å²) in [5, 5.41) is 0. The zero-order chi connectivity index (χ0) is 11.5. The number of nitrogens with zero attached hydrogens (tertiary/aromatic N) is 1. The highest BCUT2D eigenvalue weighted by Crippen LogP contribution is 2.28. The van der Waals surface area contributed by atoms with Crippen molar-refractivity contribution in [2.24, 2.45) is 0 Å². The van der Waals surface area contributed by atoms with Crippen molar-refractivity contribution < 1.29 is 4.74 Å². The minimum absolute atomic E-state index is 0.958. The van der Waals surface area contributed by atoms with Crippen molar-refractivity contribution in [3.63, 3.8) is 0 Å². The van der Waals surface area contributed by atoms with E-state index in [1.807, 2.05) is 24.4 Å². The van der Waals surface area contributed by atoms with Crippen LogP contribution in [0.4, 0.5) is 0 Å². The molecule has 0 N–H and O–H groups in total. The molecule has 0 aliphatic heterocycles. The van der Waals surface area contributed by atoms with Gasteiger partial charge >= 0.3 is 0 Å². The fraction of sp³-hybridized carbons (Fsp3) is 0.214. The van der Waals surface area contributed by atoms with Gasteiger partial charge in [0.25, 0.3) is 0 Å². The van der Waals surface area contributed by atoms with Crippen LogP contribution in [0.15, 0.2) is 36.5 Å². The van der Waals surface area contributed by atoms with E-state index in [2.05, 4.69) is 31.0 Å². The van der Waals surface area contributed by atoms with Crippen molar-refractivity contribution in [1.82, 2.24) is 4.98 Å². The van der Waals surface area contributed by atoms with Gasteiger partial charge in [-0.15, -0.1) is 0 Å². The predicted octanol–water partition coefficient (Wildman–Crippen LogP) is 3.37. The number of benzene rings is 1. The number of rotatable bonds is 2. The van der Waals surface area contributed by atoms with Crippen LogP contribution in [-0.4, -0.2) is 12.1 Å². The Balaban J connectivity index is 2.53. The molecule has 2 rings (SSSR count). The molecule has 0 aliphatic carbocycles. The molecule has 0 saturated heterocycles. The maximum absolute atomic E-state index is 5.35. The minimum atomic E-state index is 0.958. The van der Waals surface area contributed by atoms with Gasteiger partial charge in [-0.3, -0.25) is 4.98 Å². The van der Waals surface area contributed by atoms with E-state index in [0.717, 1.165) is 28.1 Å². The second-order valence-corrected chi connectivity index (χ2v) is 3.86. The van der Waals surface area contributed by atoms with Crippen molar-refractivity contribution in [2.75, 3.05) is 7.11 Å². The number of ether oxygens (including phenoxy) is 1. The smallest absolute Gasteiger partial charge is 0.124 e. The molecule has 2 aromatic rings. The number of aryl methyl sites for hydroxylation is 2. The SMILES string of the molecule is COc1c(C)cc(-c2ccccn2)cc1C. The van der Waals surface area contributed by atoms with Gasteiger partial charge < -0.3 is 4.74 Å². The van der Waals surface area contributed by atoms with Crippen molar-refractivity contribution in [3.05, 3.63) is 47.7 Å². The normalized spacial score (nSPS) is 10.2. The largest absolute Gasteiger partial charge is 0.496 e. The Morgan fingerprint density at radius 2 is 1.75 bits per heavy atom. The summed E-state index contributed by atoms with van der Waals surface area (Å²) in [5.41, 5.74) is 4.42. The molecule has 0 aliphatic rings. The molecule has 82 valence electrons. The summed E-state index contributed by atoms with van der Waals surface area (Å²) >= 11 is 0. The van der Waals surface area contributed by atoms with Crippen LogP contribution in [0, 0.1) is 13.8 Å². The van der Waals surface area contributed by atoms with Crippen molar-refractivity contribution in [3.8, 4) is 17.0 Å². The highest BCUT2D eigenvalue weighted by atomic mass is 16.5. The fourth-order valence-corrected chi connectivity index (χ4v) is 1.95. The third kappa shape index (κ3) is 1.91. The highest BCUT2D eigenvalue weighted by molar-refractivity contribution is 5.63. The number of pyridine rings is 1. The number of hydrogen-bond donors (Lipinski definition) is 0. The van der Waals surface area contributed by atoms with Gasteiger partial charge in [-0.05, 0) is 49.2 Å². The van der Waals surface area contributed by atoms with Crippen LogP contribution in [0.1, 0.15) is 11.1 Å². The predicted molar refractivity (Wildman–Crippen MR) is 65.7 cm³/mol. The van der Waals surface area contributed by atoms with Crippen LogP contribution < -0.4 is 4.74 Å². The zero-order valence-corrected chi connectivity index (χ0v) is 9.82. The molecule has 0 radical (unpaired) electrons. The third-order valence-electron chi connectivity index (χ3n) is 2.63. The Bertz CT molecular complexity index is 468. The molecule has 1 heterocycles. The second kappa shape index (κ2) is 4.35. The van der Waals surface area contributed by atoms with Gasteiger partial charge in [0, 0.05) is 11.8 Å². The summed E-state index contributed by atoms with van der Waals surface area (Å²) in [6.45, 7) is 4.11. The Hall–Kier alpha value is -1.83. The van der Waals surface area contributed by atoms with Crippen LogP contribution in [0.25, 0.3) is 11.3 Å². The monoisotopic (exact) mass is 213 g/mol. The first-order valence-electron chi connectivity index (χ1n) is 5.29. The van der Waals surface area contributed by atoms with E-state index in [1.54, 1.807) is 7.11 Å². The van der Waals surface area contributed by atoms with Crippen LogP contribution >= 0.6 is 0 Å². The Labute approximate surface area is 95.9 Å². The van der Waals surface area contributed by atoms with E-state index < -0.39 is 0 Å².